The highest BCUT2D eigenvalue weighted by Gasteiger charge is 2.28. The summed E-state index contributed by atoms with van der Waals surface area (Å²) in [5.74, 6) is -3.52. The number of nitrogens with zero attached hydrogens (tertiary/aromatic N) is 2. The minimum atomic E-state index is -1.12. The number of hydrogen-bond donors (Lipinski definition) is 3. The lowest BCUT2D eigenvalue weighted by Gasteiger charge is -2.32. The van der Waals surface area contributed by atoms with Crippen LogP contribution in [0.3, 0.4) is 0 Å². The average molecular weight is 501 g/mol. The zero-order valence-corrected chi connectivity index (χ0v) is 19.7. The Bertz CT molecular complexity index is 1220. The number of carbonyl (C=O) groups excluding carboxylic acids is 1. The molecule has 0 radical (unpaired) electrons. The molecular weight excluding hydrogens is 473 g/mol. The van der Waals surface area contributed by atoms with Crippen LogP contribution in [-0.4, -0.2) is 40.2 Å². The molecule has 4 rings (SSSR count). The van der Waals surface area contributed by atoms with Gasteiger partial charge in [-0.1, -0.05) is 6.92 Å². The second kappa shape index (κ2) is 11.0. The molecule has 1 aliphatic rings. The molecule has 1 aromatic carbocycles. The fourth-order valence-electron chi connectivity index (χ4n) is 4.73. The molecule has 3 atom stereocenters. The third kappa shape index (κ3) is 5.66. The number of anilines is 1. The summed E-state index contributed by atoms with van der Waals surface area (Å²) in [7, 11) is 0. The first-order valence-corrected chi connectivity index (χ1v) is 11.7. The molecule has 4 N–H and O–H groups in total. The maximum absolute atomic E-state index is 14.7. The number of halogens is 3. The van der Waals surface area contributed by atoms with Crippen molar-refractivity contribution in [2.75, 3.05) is 18.5 Å². The summed E-state index contributed by atoms with van der Waals surface area (Å²) in [6.07, 6.45) is 5.78. The van der Waals surface area contributed by atoms with Crippen molar-refractivity contribution in [3.63, 3.8) is 0 Å². The predicted molar refractivity (Wildman–Crippen MR) is 128 cm³/mol. The van der Waals surface area contributed by atoms with Gasteiger partial charge in [-0.2, -0.15) is 0 Å². The summed E-state index contributed by atoms with van der Waals surface area (Å²) in [6.45, 7) is 1.63. The van der Waals surface area contributed by atoms with E-state index in [9.17, 15) is 18.0 Å². The molecule has 1 aliphatic carbocycles. The number of hydrogen-bond acceptors (Lipinski definition) is 6. The van der Waals surface area contributed by atoms with Gasteiger partial charge in [0, 0.05) is 24.4 Å². The van der Waals surface area contributed by atoms with E-state index in [1.165, 1.54) is 6.20 Å². The van der Waals surface area contributed by atoms with Crippen LogP contribution in [-0.2, 0) is 0 Å². The number of nitrogens with two attached hydrogens (primary N) is 1. The smallest absolute Gasteiger partial charge is 0.274 e. The van der Waals surface area contributed by atoms with Crippen molar-refractivity contribution in [3.8, 4) is 17.0 Å². The highest BCUT2D eigenvalue weighted by atomic mass is 19.1. The summed E-state index contributed by atoms with van der Waals surface area (Å²) >= 11 is 0. The standard InChI is InChI=1S/C26H27F3N4O3/c1-14-8-15(10-16(30)9-14)18-4-5-31-13-23(18)33-26(35)22-3-2-19(27)25(32-22)24-20(28)11-17(12-21(24)29)36-7-6-34/h2-5,11-16,34H,6-10,30H2,1H3,(H,33,35)/t14-,15+,16+/m0/s1. The van der Waals surface area contributed by atoms with Crippen molar-refractivity contribution in [2.24, 2.45) is 11.7 Å². The van der Waals surface area contributed by atoms with E-state index < -0.39 is 34.6 Å². The number of nitrogens with one attached hydrogen (secondary N) is 1. The summed E-state index contributed by atoms with van der Waals surface area (Å²) < 4.78 is 49.0. The van der Waals surface area contributed by atoms with Crippen molar-refractivity contribution in [2.45, 2.75) is 38.1 Å². The van der Waals surface area contributed by atoms with Gasteiger partial charge in [-0.05, 0) is 54.9 Å². The van der Waals surface area contributed by atoms with Crippen molar-refractivity contribution in [1.29, 1.82) is 0 Å². The molecule has 1 amide bonds. The Kier molecular flexibility index (Phi) is 7.85. The molecule has 0 aliphatic heterocycles. The Labute approximate surface area is 206 Å². The molecule has 190 valence electrons. The van der Waals surface area contributed by atoms with E-state index in [-0.39, 0.29) is 36.6 Å². The maximum atomic E-state index is 14.7. The van der Waals surface area contributed by atoms with Crippen LogP contribution in [0.1, 0.15) is 48.2 Å². The first-order valence-electron chi connectivity index (χ1n) is 11.7. The lowest BCUT2D eigenvalue weighted by Crippen LogP contribution is -2.31. The van der Waals surface area contributed by atoms with Crippen LogP contribution in [0.4, 0.5) is 18.9 Å². The van der Waals surface area contributed by atoms with Crippen LogP contribution in [0.5, 0.6) is 5.75 Å². The highest BCUT2D eigenvalue weighted by Crippen LogP contribution is 2.38. The van der Waals surface area contributed by atoms with Crippen LogP contribution in [0.2, 0.25) is 0 Å². The van der Waals surface area contributed by atoms with Gasteiger partial charge >= 0.3 is 0 Å². The second-order valence-electron chi connectivity index (χ2n) is 9.05. The molecule has 36 heavy (non-hydrogen) atoms. The molecular formula is C26H27F3N4O3. The lowest BCUT2D eigenvalue weighted by molar-refractivity contribution is 0.102. The molecule has 0 unspecified atom stereocenters. The van der Waals surface area contributed by atoms with E-state index in [1.54, 1.807) is 6.20 Å². The summed E-state index contributed by atoms with van der Waals surface area (Å²) in [6, 6.07) is 5.68. The van der Waals surface area contributed by atoms with Gasteiger partial charge in [0.15, 0.2) is 0 Å². The Hall–Kier alpha value is -3.50. The first kappa shape index (κ1) is 25.6. The van der Waals surface area contributed by atoms with Gasteiger partial charge in [0.05, 0.1) is 24.1 Å². The molecule has 0 bridgehead atoms. The van der Waals surface area contributed by atoms with E-state index in [4.69, 9.17) is 15.6 Å². The van der Waals surface area contributed by atoms with Crippen LogP contribution >= 0.6 is 0 Å². The van der Waals surface area contributed by atoms with Crippen LogP contribution in [0, 0.1) is 23.4 Å². The van der Waals surface area contributed by atoms with E-state index in [0.717, 1.165) is 49.1 Å². The normalized spacial score (nSPS) is 19.7. The van der Waals surface area contributed by atoms with Gasteiger partial charge in [0.1, 0.15) is 41.2 Å². The van der Waals surface area contributed by atoms with Crippen LogP contribution in [0.15, 0.2) is 42.7 Å². The SMILES string of the molecule is C[C@@H]1C[C@@H](N)C[C@H](c2ccncc2NC(=O)c2ccc(F)c(-c3c(F)cc(OCCO)cc3F)n2)C1. The molecule has 2 heterocycles. The van der Waals surface area contributed by atoms with Gasteiger partial charge in [-0.15, -0.1) is 0 Å². The van der Waals surface area contributed by atoms with Crippen LogP contribution < -0.4 is 15.8 Å². The summed E-state index contributed by atoms with van der Waals surface area (Å²) in [5.41, 5.74) is 5.97. The Balaban J connectivity index is 1.62. The quantitative estimate of drug-likeness (QED) is 0.443. The molecule has 0 saturated heterocycles. The number of benzene rings is 1. The first-order chi connectivity index (χ1) is 17.3. The van der Waals surface area contributed by atoms with Crippen LogP contribution in [0.25, 0.3) is 11.3 Å². The molecule has 1 saturated carbocycles. The second-order valence-corrected chi connectivity index (χ2v) is 9.05. The molecule has 0 spiro atoms. The van der Waals surface area contributed by atoms with Gasteiger partial charge in [-0.3, -0.25) is 9.78 Å². The summed E-state index contributed by atoms with van der Waals surface area (Å²) in [5, 5.41) is 11.6. The monoisotopic (exact) mass is 500 g/mol. The summed E-state index contributed by atoms with van der Waals surface area (Å²) in [4.78, 5) is 21.1. The van der Waals surface area contributed by atoms with Gasteiger partial charge in [0.25, 0.3) is 5.91 Å². The largest absolute Gasteiger partial charge is 0.491 e. The number of pyridine rings is 2. The van der Waals surface area contributed by atoms with Crippen molar-refractivity contribution < 1.29 is 27.8 Å². The number of rotatable bonds is 7. The van der Waals surface area contributed by atoms with Gasteiger partial charge < -0.3 is 20.9 Å². The Morgan fingerprint density at radius 2 is 1.89 bits per heavy atom. The minimum absolute atomic E-state index is 0.0574. The third-order valence-corrected chi connectivity index (χ3v) is 6.21. The minimum Gasteiger partial charge on any atom is -0.491 e. The van der Waals surface area contributed by atoms with E-state index in [1.807, 2.05) is 6.07 Å². The molecule has 7 nitrogen and oxygen atoms in total. The molecule has 1 fully saturated rings. The zero-order valence-electron chi connectivity index (χ0n) is 19.7. The zero-order chi connectivity index (χ0) is 25.8. The van der Waals surface area contributed by atoms with Crippen molar-refractivity contribution in [1.82, 2.24) is 9.97 Å². The Morgan fingerprint density at radius 1 is 1.14 bits per heavy atom. The number of carbonyl (C=O) groups is 1. The number of aromatic nitrogens is 2. The predicted octanol–water partition coefficient (Wildman–Crippen LogP) is 4.42. The van der Waals surface area contributed by atoms with E-state index >= 15 is 0 Å². The number of ether oxygens (including phenoxy) is 1. The van der Waals surface area contributed by atoms with E-state index in [0.29, 0.717) is 11.6 Å². The third-order valence-electron chi connectivity index (χ3n) is 6.21. The lowest BCUT2D eigenvalue weighted by atomic mass is 9.76. The number of aliphatic hydroxyl groups is 1. The molecule has 3 aromatic rings. The van der Waals surface area contributed by atoms with Gasteiger partial charge in [0.2, 0.25) is 0 Å². The number of amides is 1. The van der Waals surface area contributed by atoms with Gasteiger partial charge in [-0.25, -0.2) is 18.2 Å². The highest BCUT2D eigenvalue weighted by molar-refractivity contribution is 6.03. The average Bonchev–Trinajstić information content (AvgIpc) is 2.83. The van der Waals surface area contributed by atoms with Crippen molar-refractivity contribution >= 4 is 11.6 Å². The van der Waals surface area contributed by atoms with Crippen molar-refractivity contribution in [3.05, 3.63) is 71.4 Å². The Morgan fingerprint density at radius 3 is 2.58 bits per heavy atom. The number of aliphatic hydroxyl groups excluding tert-OH is 1. The van der Waals surface area contributed by atoms with E-state index in [2.05, 4.69) is 22.2 Å². The molecule has 2 aromatic heterocycles. The topological polar surface area (TPSA) is 110 Å². The fourth-order valence-corrected chi connectivity index (χ4v) is 4.73. The fraction of sp³-hybridized carbons (Fsp3) is 0.346. The maximum Gasteiger partial charge on any atom is 0.274 e. The molecule has 10 heteroatoms.